The van der Waals surface area contributed by atoms with E-state index in [-0.39, 0.29) is 5.91 Å². The maximum Gasteiger partial charge on any atom is 0.263 e. The molecule has 0 radical (unpaired) electrons. The fraction of sp³-hybridized carbons (Fsp3) is 0.150. The molecule has 1 aliphatic rings. The Hall–Kier alpha value is -3.04. The van der Waals surface area contributed by atoms with Gasteiger partial charge in [-0.15, -0.1) is 0 Å². The highest BCUT2D eigenvalue weighted by atomic mass is 32.2. The second kappa shape index (κ2) is 7.76. The smallest absolute Gasteiger partial charge is 0.263 e. The second-order valence-electron chi connectivity index (χ2n) is 6.02. The van der Waals surface area contributed by atoms with Crippen molar-refractivity contribution in [1.82, 2.24) is 10.3 Å². The van der Waals surface area contributed by atoms with E-state index < -0.39 is 0 Å². The largest absolute Gasteiger partial charge is 0.493 e. The van der Waals surface area contributed by atoms with Crippen molar-refractivity contribution in [2.75, 3.05) is 21.3 Å². The van der Waals surface area contributed by atoms with E-state index in [1.165, 1.54) is 11.8 Å². The number of carbonyl (C=O) groups is 1. The number of aromatic nitrogens is 1. The van der Waals surface area contributed by atoms with Crippen LogP contribution in [0.3, 0.4) is 0 Å². The number of nitrogens with one attached hydrogen (secondary N) is 1. The third-order valence-corrected chi connectivity index (χ3v) is 5.50. The lowest BCUT2D eigenvalue weighted by Gasteiger charge is -2.14. The van der Waals surface area contributed by atoms with Crippen molar-refractivity contribution in [3.63, 3.8) is 0 Å². The van der Waals surface area contributed by atoms with Gasteiger partial charge in [0.15, 0.2) is 11.5 Å². The number of thiocarbonyl (C=S) groups is 1. The summed E-state index contributed by atoms with van der Waals surface area (Å²) in [6.07, 6.45) is 5.07. The monoisotopic (exact) mass is 428 g/mol. The summed E-state index contributed by atoms with van der Waals surface area (Å²) in [4.78, 5) is 16.7. The molecule has 3 heterocycles. The molecule has 0 atom stereocenters. The molecule has 7 nitrogen and oxygen atoms in total. The van der Waals surface area contributed by atoms with Crippen molar-refractivity contribution in [2.45, 2.75) is 0 Å². The molecule has 1 aliphatic heterocycles. The Balaban J connectivity index is 1.84. The Bertz CT molecular complexity index is 1140. The van der Waals surface area contributed by atoms with E-state index in [0.29, 0.717) is 37.8 Å². The SMILES string of the molecule is COc1cc(-c2cncc3cc(/C=C4\SC(=S)NC4=O)oc23)cc(OC)c1OC. The highest BCUT2D eigenvalue weighted by Gasteiger charge is 2.23. The number of fused-ring (bicyclic) bond motifs is 1. The summed E-state index contributed by atoms with van der Waals surface area (Å²) in [5.41, 5.74) is 2.18. The van der Waals surface area contributed by atoms with Gasteiger partial charge in [0.2, 0.25) is 5.75 Å². The number of nitrogens with zero attached hydrogens (tertiary/aromatic N) is 1. The number of hydrogen-bond acceptors (Lipinski definition) is 8. The minimum Gasteiger partial charge on any atom is -0.493 e. The first-order chi connectivity index (χ1) is 14.0. The summed E-state index contributed by atoms with van der Waals surface area (Å²) in [6, 6.07) is 5.49. The van der Waals surface area contributed by atoms with Crippen molar-refractivity contribution in [2.24, 2.45) is 0 Å². The van der Waals surface area contributed by atoms with Gasteiger partial charge in [-0.1, -0.05) is 24.0 Å². The summed E-state index contributed by atoms with van der Waals surface area (Å²) in [5, 5.41) is 3.39. The first-order valence-electron chi connectivity index (χ1n) is 8.47. The molecule has 1 aromatic carbocycles. The van der Waals surface area contributed by atoms with Gasteiger partial charge in [0.1, 0.15) is 15.7 Å². The molecular weight excluding hydrogens is 412 g/mol. The third kappa shape index (κ3) is 3.54. The molecule has 1 saturated heterocycles. The standard InChI is InChI=1S/C20H16N2O5S2/c1-24-14-5-10(6-15(25-2)18(14)26-3)13-9-21-8-11-4-12(27-17(11)13)7-16-19(23)22-20(28)29-16/h4-9H,1-3H3,(H,22,23,28)/b16-7-. The number of furan rings is 1. The van der Waals surface area contributed by atoms with E-state index in [2.05, 4.69) is 10.3 Å². The van der Waals surface area contributed by atoms with Crippen molar-refractivity contribution in [3.8, 4) is 28.4 Å². The molecule has 148 valence electrons. The summed E-state index contributed by atoms with van der Waals surface area (Å²) in [6.45, 7) is 0. The van der Waals surface area contributed by atoms with Crippen LogP contribution in [-0.4, -0.2) is 36.5 Å². The Labute approximate surface area is 176 Å². The lowest BCUT2D eigenvalue weighted by molar-refractivity contribution is -0.115. The summed E-state index contributed by atoms with van der Waals surface area (Å²) in [7, 11) is 4.68. The molecule has 9 heteroatoms. The van der Waals surface area contributed by atoms with Crippen molar-refractivity contribution in [1.29, 1.82) is 0 Å². The van der Waals surface area contributed by atoms with Crippen molar-refractivity contribution in [3.05, 3.63) is 41.3 Å². The molecule has 29 heavy (non-hydrogen) atoms. The topological polar surface area (TPSA) is 82.8 Å². The summed E-state index contributed by atoms with van der Waals surface area (Å²) in [5.74, 6) is 1.86. The van der Waals surface area contributed by atoms with Gasteiger partial charge >= 0.3 is 0 Å². The van der Waals surface area contributed by atoms with Crippen LogP contribution in [0.15, 0.2) is 39.9 Å². The zero-order valence-electron chi connectivity index (χ0n) is 15.8. The van der Waals surface area contributed by atoms with Crippen LogP contribution in [-0.2, 0) is 4.79 Å². The Kier molecular flexibility index (Phi) is 5.16. The number of rotatable bonds is 5. The predicted molar refractivity (Wildman–Crippen MR) is 115 cm³/mol. The molecular formula is C20H16N2O5S2. The fourth-order valence-corrected chi connectivity index (χ4v) is 4.07. The van der Waals surface area contributed by atoms with E-state index in [4.69, 9.17) is 30.8 Å². The van der Waals surface area contributed by atoms with Gasteiger partial charge in [-0.2, -0.15) is 0 Å². The predicted octanol–water partition coefficient (Wildman–Crippen LogP) is 4.01. The van der Waals surface area contributed by atoms with Crippen molar-refractivity contribution < 1.29 is 23.4 Å². The van der Waals surface area contributed by atoms with Gasteiger partial charge in [-0.3, -0.25) is 9.78 Å². The minimum absolute atomic E-state index is 0.233. The van der Waals surface area contributed by atoms with Gasteiger partial charge in [0.05, 0.1) is 26.2 Å². The second-order valence-corrected chi connectivity index (χ2v) is 7.74. The highest BCUT2D eigenvalue weighted by molar-refractivity contribution is 8.26. The Morgan fingerprint density at radius 3 is 2.41 bits per heavy atom. The number of amides is 1. The average molecular weight is 428 g/mol. The third-order valence-electron chi connectivity index (χ3n) is 4.33. The maximum absolute atomic E-state index is 11.9. The van der Waals surface area contributed by atoms with Crippen LogP contribution in [0.4, 0.5) is 0 Å². The molecule has 1 fully saturated rings. The molecule has 2 aromatic heterocycles. The van der Waals surface area contributed by atoms with Crippen LogP contribution < -0.4 is 19.5 Å². The van der Waals surface area contributed by atoms with Gasteiger partial charge in [-0.05, 0) is 23.8 Å². The normalized spacial score (nSPS) is 15.1. The quantitative estimate of drug-likeness (QED) is 0.482. The van der Waals surface area contributed by atoms with Crippen LogP contribution >= 0.6 is 24.0 Å². The number of ether oxygens (including phenoxy) is 3. The number of carbonyl (C=O) groups excluding carboxylic acids is 1. The summed E-state index contributed by atoms with van der Waals surface area (Å²) >= 11 is 6.22. The summed E-state index contributed by atoms with van der Waals surface area (Å²) < 4.78 is 22.7. The fourth-order valence-electron chi connectivity index (χ4n) is 3.05. The van der Waals surface area contributed by atoms with Crippen LogP contribution in [0.5, 0.6) is 17.2 Å². The zero-order chi connectivity index (χ0) is 20.5. The van der Waals surface area contributed by atoms with E-state index in [9.17, 15) is 4.79 Å². The van der Waals surface area contributed by atoms with Gasteiger partial charge in [0.25, 0.3) is 5.91 Å². The number of hydrogen-bond donors (Lipinski definition) is 1. The molecule has 0 saturated carbocycles. The number of pyridine rings is 1. The van der Waals surface area contributed by atoms with E-state index in [1.807, 2.05) is 18.2 Å². The van der Waals surface area contributed by atoms with Crippen LogP contribution in [0.25, 0.3) is 28.2 Å². The lowest BCUT2D eigenvalue weighted by Crippen LogP contribution is -2.17. The molecule has 1 amide bonds. The zero-order valence-corrected chi connectivity index (χ0v) is 17.4. The first kappa shape index (κ1) is 19.3. The molecule has 0 spiro atoms. The van der Waals surface area contributed by atoms with E-state index in [1.54, 1.807) is 39.8 Å². The maximum atomic E-state index is 11.9. The Morgan fingerprint density at radius 2 is 1.83 bits per heavy atom. The van der Waals surface area contributed by atoms with Crippen LogP contribution in [0.1, 0.15) is 5.76 Å². The molecule has 0 bridgehead atoms. The van der Waals surface area contributed by atoms with Crippen LogP contribution in [0, 0.1) is 0 Å². The number of thioether (sulfide) groups is 1. The molecule has 1 N–H and O–H groups in total. The number of methoxy groups -OCH3 is 3. The Morgan fingerprint density at radius 1 is 1.10 bits per heavy atom. The van der Waals surface area contributed by atoms with Gasteiger partial charge < -0.3 is 23.9 Å². The molecule has 0 unspecified atom stereocenters. The van der Waals surface area contributed by atoms with E-state index >= 15 is 0 Å². The average Bonchev–Trinajstić information content (AvgIpc) is 3.28. The molecule has 0 aliphatic carbocycles. The van der Waals surface area contributed by atoms with E-state index in [0.717, 1.165) is 16.5 Å². The minimum atomic E-state index is -0.233. The number of benzene rings is 1. The van der Waals surface area contributed by atoms with Gasteiger partial charge in [-0.25, -0.2) is 0 Å². The molecule has 3 aromatic rings. The molecule has 4 rings (SSSR count). The van der Waals surface area contributed by atoms with Crippen LogP contribution in [0.2, 0.25) is 0 Å². The van der Waals surface area contributed by atoms with Crippen molar-refractivity contribution >= 4 is 51.3 Å². The highest BCUT2D eigenvalue weighted by Crippen LogP contribution is 2.42. The lowest BCUT2D eigenvalue weighted by atomic mass is 10.0. The first-order valence-corrected chi connectivity index (χ1v) is 9.69. The van der Waals surface area contributed by atoms with Gasteiger partial charge in [0, 0.05) is 29.4 Å².